The molecule has 2 aliphatic rings. The first kappa shape index (κ1) is 9.88. The number of nitrogens with one attached hydrogen (secondary N) is 1. The number of piperidine rings is 1. The molecule has 0 atom stereocenters. The van der Waals surface area contributed by atoms with E-state index in [-0.39, 0.29) is 0 Å². The summed E-state index contributed by atoms with van der Waals surface area (Å²) in [6.45, 7) is 1.03. The van der Waals surface area contributed by atoms with E-state index < -0.39 is 0 Å². The van der Waals surface area contributed by atoms with Crippen LogP contribution < -0.4 is 4.90 Å². The van der Waals surface area contributed by atoms with Gasteiger partial charge in [0.2, 0.25) is 0 Å². The molecule has 0 bridgehead atoms. The molecule has 1 saturated heterocycles. The van der Waals surface area contributed by atoms with Gasteiger partial charge in [0.1, 0.15) is 5.84 Å². The van der Waals surface area contributed by atoms with Crippen LogP contribution in [0.4, 0.5) is 5.69 Å². The van der Waals surface area contributed by atoms with Gasteiger partial charge in [0.25, 0.3) is 0 Å². The zero-order chi connectivity index (χ0) is 11.0. The van der Waals surface area contributed by atoms with Gasteiger partial charge in [0, 0.05) is 18.7 Å². The number of benzene rings is 1. The molecule has 1 fully saturated rings. The van der Waals surface area contributed by atoms with E-state index in [0.29, 0.717) is 0 Å². The third kappa shape index (κ3) is 1.62. The van der Waals surface area contributed by atoms with Crippen molar-refractivity contribution in [2.75, 3.05) is 11.4 Å². The van der Waals surface area contributed by atoms with Crippen molar-refractivity contribution >= 4 is 11.5 Å². The summed E-state index contributed by atoms with van der Waals surface area (Å²) in [7, 11) is 0. The maximum atomic E-state index is 8.01. The van der Waals surface area contributed by atoms with Gasteiger partial charge in [-0.05, 0) is 55.4 Å². The SMILES string of the molecule is N=C1CCCCN1c1ccc2c(c1)CCC2. The van der Waals surface area contributed by atoms with Crippen molar-refractivity contribution in [1.29, 1.82) is 5.41 Å². The highest BCUT2D eigenvalue weighted by molar-refractivity contribution is 5.96. The first-order valence-corrected chi connectivity index (χ1v) is 6.31. The largest absolute Gasteiger partial charge is 0.330 e. The molecule has 1 aliphatic heterocycles. The first-order valence-electron chi connectivity index (χ1n) is 6.31. The number of rotatable bonds is 1. The summed E-state index contributed by atoms with van der Waals surface area (Å²) < 4.78 is 0. The Morgan fingerprint density at radius 3 is 2.69 bits per heavy atom. The topological polar surface area (TPSA) is 27.1 Å². The number of hydrogen-bond acceptors (Lipinski definition) is 1. The summed E-state index contributed by atoms with van der Waals surface area (Å²) in [6.07, 6.45) is 7.12. The standard InChI is InChI=1S/C14H18N2/c15-14-6-1-2-9-16(14)13-8-7-11-4-3-5-12(11)10-13/h7-8,10,15H,1-6,9H2. The Hall–Kier alpha value is -1.31. The number of nitrogens with zero attached hydrogens (tertiary/aromatic N) is 1. The zero-order valence-electron chi connectivity index (χ0n) is 9.63. The van der Waals surface area contributed by atoms with Crippen molar-refractivity contribution in [2.45, 2.75) is 38.5 Å². The number of anilines is 1. The van der Waals surface area contributed by atoms with Gasteiger partial charge < -0.3 is 4.90 Å². The molecule has 0 aromatic heterocycles. The van der Waals surface area contributed by atoms with Crippen LogP contribution in [0.1, 0.15) is 36.8 Å². The normalized spacial score (nSPS) is 20.0. The lowest BCUT2D eigenvalue weighted by molar-refractivity contribution is 0.707. The van der Waals surface area contributed by atoms with Crippen molar-refractivity contribution in [3.63, 3.8) is 0 Å². The van der Waals surface area contributed by atoms with E-state index in [0.717, 1.165) is 18.8 Å². The van der Waals surface area contributed by atoms with Crippen LogP contribution in [0.3, 0.4) is 0 Å². The number of hydrogen-bond donors (Lipinski definition) is 1. The summed E-state index contributed by atoms with van der Waals surface area (Å²) in [6, 6.07) is 6.77. The second kappa shape index (κ2) is 3.93. The van der Waals surface area contributed by atoms with E-state index in [2.05, 4.69) is 23.1 Å². The fourth-order valence-electron chi connectivity index (χ4n) is 2.84. The molecule has 2 heteroatoms. The minimum absolute atomic E-state index is 0.796. The van der Waals surface area contributed by atoms with Crippen molar-refractivity contribution in [1.82, 2.24) is 0 Å². The fourth-order valence-corrected chi connectivity index (χ4v) is 2.84. The fraction of sp³-hybridized carbons (Fsp3) is 0.500. The van der Waals surface area contributed by atoms with Crippen LogP contribution in [-0.2, 0) is 12.8 Å². The molecule has 0 spiro atoms. The van der Waals surface area contributed by atoms with Crippen LogP contribution >= 0.6 is 0 Å². The molecule has 1 heterocycles. The van der Waals surface area contributed by atoms with Gasteiger partial charge in [-0.1, -0.05) is 6.07 Å². The monoisotopic (exact) mass is 214 g/mol. The second-order valence-electron chi connectivity index (χ2n) is 4.86. The molecule has 1 aromatic carbocycles. The van der Waals surface area contributed by atoms with Crippen molar-refractivity contribution in [3.8, 4) is 0 Å². The van der Waals surface area contributed by atoms with Crippen LogP contribution in [0.15, 0.2) is 18.2 Å². The van der Waals surface area contributed by atoms with Crippen molar-refractivity contribution in [3.05, 3.63) is 29.3 Å². The van der Waals surface area contributed by atoms with E-state index in [4.69, 9.17) is 5.41 Å². The van der Waals surface area contributed by atoms with Gasteiger partial charge in [0.15, 0.2) is 0 Å². The summed E-state index contributed by atoms with van der Waals surface area (Å²) in [4.78, 5) is 2.18. The average Bonchev–Trinajstić information content (AvgIpc) is 2.76. The lowest BCUT2D eigenvalue weighted by atomic mass is 10.1. The Kier molecular flexibility index (Phi) is 2.43. The van der Waals surface area contributed by atoms with Crippen molar-refractivity contribution in [2.24, 2.45) is 0 Å². The third-order valence-corrected chi connectivity index (χ3v) is 3.76. The van der Waals surface area contributed by atoms with Gasteiger partial charge in [-0.25, -0.2) is 0 Å². The molecule has 0 amide bonds. The van der Waals surface area contributed by atoms with Crippen LogP contribution in [-0.4, -0.2) is 12.4 Å². The summed E-state index contributed by atoms with van der Waals surface area (Å²) in [5.74, 6) is 0.796. The van der Waals surface area contributed by atoms with E-state index in [1.807, 2.05) is 0 Å². The van der Waals surface area contributed by atoms with Crippen LogP contribution in [0.5, 0.6) is 0 Å². The van der Waals surface area contributed by atoms with Gasteiger partial charge in [-0.3, -0.25) is 5.41 Å². The molecule has 1 N–H and O–H groups in total. The Morgan fingerprint density at radius 2 is 1.81 bits per heavy atom. The van der Waals surface area contributed by atoms with E-state index in [1.165, 1.54) is 48.9 Å². The minimum atomic E-state index is 0.796. The van der Waals surface area contributed by atoms with Gasteiger partial charge in [-0.15, -0.1) is 0 Å². The summed E-state index contributed by atoms with van der Waals surface area (Å²) in [5.41, 5.74) is 4.27. The highest BCUT2D eigenvalue weighted by atomic mass is 15.2. The van der Waals surface area contributed by atoms with Gasteiger partial charge in [0.05, 0.1) is 0 Å². The Morgan fingerprint density at radius 1 is 0.938 bits per heavy atom. The van der Waals surface area contributed by atoms with Crippen LogP contribution in [0.25, 0.3) is 0 Å². The number of aryl methyl sites for hydroxylation is 2. The maximum absolute atomic E-state index is 8.01. The van der Waals surface area contributed by atoms with E-state index in [9.17, 15) is 0 Å². The maximum Gasteiger partial charge on any atom is 0.100 e. The zero-order valence-corrected chi connectivity index (χ0v) is 9.63. The molecule has 3 rings (SSSR count). The number of fused-ring (bicyclic) bond motifs is 1. The minimum Gasteiger partial charge on any atom is -0.330 e. The second-order valence-corrected chi connectivity index (χ2v) is 4.86. The highest BCUT2D eigenvalue weighted by Crippen LogP contribution is 2.28. The van der Waals surface area contributed by atoms with E-state index in [1.54, 1.807) is 0 Å². The van der Waals surface area contributed by atoms with Gasteiger partial charge in [-0.2, -0.15) is 0 Å². The average molecular weight is 214 g/mol. The lowest BCUT2D eigenvalue weighted by Gasteiger charge is -2.29. The Bertz CT molecular complexity index is 423. The predicted octanol–water partition coefficient (Wildman–Crippen LogP) is 3.14. The highest BCUT2D eigenvalue weighted by Gasteiger charge is 2.18. The molecular formula is C14H18N2. The van der Waals surface area contributed by atoms with Crippen LogP contribution in [0, 0.1) is 5.41 Å². The molecule has 1 aromatic rings. The molecule has 84 valence electrons. The quantitative estimate of drug-likeness (QED) is 0.764. The molecule has 16 heavy (non-hydrogen) atoms. The smallest absolute Gasteiger partial charge is 0.100 e. The molecule has 0 radical (unpaired) electrons. The Labute approximate surface area is 96.8 Å². The molecule has 1 aliphatic carbocycles. The predicted molar refractivity (Wildman–Crippen MR) is 67.4 cm³/mol. The molecular weight excluding hydrogens is 196 g/mol. The van der Waals surface area contributed by atoms with Crippen LogP contribution in [0.2, 0.25) is 0 Å². The number of amidine groups is 1. The van der Waals surface area contributed by atoms with E-state index >= 15 is 0 Å². The third-order valence-electron chi connectivity index (χ3n) is 3.76. The summed E-state index contributed by atoms with van der Waals surface area (Å²) >= 11 is 0. The Balaban J connectivity index is 1.91. The molecule has 0 unspecified atom stereocenters. The first-order chi connectivity index (χ1) is 7.84. The lowest BCUT2D eigenvalue weighted by Crippen LogP contribution is -2.34. The molecule has 0 saturated carbocycles. The van der Waals surface area contributed by atoms with Crippen molar-refractivity contribution < 1.29 is 0 Å². The summed E-state index contributed by atoms with van der Waals surface area (Å²) in [5, 5.41) is 8.01. The van der Waals surface area contributed by atoms with Gasteiger partial charge >= 0.3 is 0 Å². The molecule has 2 nitrogen and oxygen atoms in total.